The topological polar surface area (TPSA) is 84.9 Å². The largest absolute Gasteiger partial charge is 0.750 e. The summed E-state index contributed by atoms with van der Waals surface area (Å²) in [5, 5.41) is 0. The summed E-state index contributed by atoms with van der Waals surface area (Å²) in [6.07, 6.45) is -5.19. The van der Waals surface area contributed by atoms with Crippen LogP contribution in [-0.4, -0.2) is 34.0 Å². The molecular formula is C6H11F3O6PS-. The molecule has 0 aliphatic rings. The van der Waals surface area contributed by atoms with Gasteiger partial charge in [0.05, 0.1) is 24.6 Å². The highest BCUT2D eigenvalue weighted by molar-refractivity contribution is 7.74. The van der Waals surface area contributed by atoms with Gasteiger partial charge in [0, 0.05) is 0 Å². The van der Waals surface area contributed by atoms with Crippen LogP contribution in [0.1, 0.15) is 13.8 Å². The highest BCUT2D eigenvalue weighted by atomic mass is 32.2. The summed E-state index contributed by atoms with van der Waals surface area (Å²) >= 11 is -3.50. The molecule has 0 rings (SSSR count). The van der Waals surface area contributed by atoms with E-state index >= 15 is 0 Å². The molecule has 0 aromatic heterocycles. The van der Waals surface area contributed by atoms with Gasteiger partial charge in [0.2, 0.25) is 0 Å². The minimum atomic E-state index is -5.19. The zero-order valence-electron chi connectivity index (χ0n) is 8.93. The zero-order chi connectivity index (χ0) is 13.7. The van der Waals surface area contributed by atoms with Crippen LogP contribution in [0.4, 0.5) is 13.2 Å². The average molecular weight is 299 g/mol. The fraction of sp³-hybridized carbons (Fsp3) is 1.00. The maximum Gasteiger partial charge on any atom is 0.427 e. The number of alkyl halides is 3. The van der Waals surface area contributed by atoms with Crippen molar-refractivity contribution in [1.29, 1.82) is 0 Å². The van der Waals surface area contributed by atoms with Crippen LogP contribution in [0.25, 0.3) is 0 Å². The first-order valence-electron chi connectivity index (χ1n) is 4.39. The first-order chi connectivity index (χ1) is 7.67. The van der Waals surface area contributed by atoms with Crippen LogP contribution in [0.2, 0.25) is 0 Å². The summed E-state index contributed by atoms with van der Waals surface area (Å²) in [6, 6.07) is 0. The third-order valence-corrected chi connectivity index (χ3v) is 4.06. The Balaban J connectivity index is 5.21. The fourth-order valence-electron chi connectivity index (χ4n) is 0.894. The van der Waals surface area contributed by atoms with Crippen molar-refractivity contribution in [2.75, 3.05) is 13.2 Å². The maximum atomic E-state index is 12.5. The van der Waals surface area contributed by atoms with Crippen molar-refractivity contribution in [2.24, 2.45) is 0 Å². The van der Waals surface area contributed by atoms with E-state index in [0.29, 0.717) is 0 Å². The molecule has 0 saturated heterocycles. The molecule has 11 heteroatoms. The number of rotatable bonds is 7. The number of halogens is 3. The van der Waals surface area contributed by atoms with E-state index in [0.717, 1.165) is 0 Å². The van der Waals surface area contributed by atoms with Crippen molar-refractivity contribution < 1.29 is 39.7 Å². The van der Waals surface area contributed by atoms with Gasteiger partial charge in [-0.2, -0.15) is 13.2 Å². The van der Waals surface area contributed by atoms with Gasteiger partial charge in [0.1, 0.15) is 0 Å². The van der Waals surface area contributed by atoms with Crippen LogP contribution in [-0.2, 0) is 29.2 Å². The Kier molecular flexibility index (Phi) is 6.82. The lowest BCUT2D eigenvalue weighted by Gasteiger charge is -2.27. The smallest absolute Gasteiger partial charge is 0.427 e. The molecule has 6 nitrogen and oxygen atoms in total. The SMILES string of the molecule is CCOP(=O)(OCC)C(OS(=O)[O-])C(F)(F)F. The predicted molar refractivity (Wildman–Crippen MR) is 50.7 cm³/mol. The van der Waals surface area contributed by atoms with Gasteiger partial charge in [-0.05, 0) is 13.8 Å². The quantitative estimate of drug-likeness (QED) is 0.527. The summed E-state index contributed by atoms with van der Waals surface area (Å²) in [7, 11) is -4.75. The van der Waals surface area contributed by atoms with Gasteiger partial charge < -0.3 is 13.6 Å². The van der Waals surface area contributed by atoms with Crippen LogP contribution >= 0.6 is 7.60 Å². The highest BCUT2D eigenvalue weighted by Crippen LogP contribution is 2.58. The first-order valence-corrected chi connectivity index (χ1v) is 7.00. The van der Waals surface area contributed by atoms with Gasteiger partial charge in [-0.3, -0.25) is 8.75 Å². The molecule has 0 fully saturated rings. The Morgan fingerprint density at radius 2 is 1.71 bits per heavy atom. The van der Waals surface area contributed by atoms with Gasteiger partial charge in [0.15, 0.2) is 0 Å². The summed E-state index contributed by atoms with van der Waals surface area (Å²) in [4.78, 5) is 0. The monoisotopic (exact) mass is 299 g/mol. The van der Waals surface area contributed by atoms with E-state index in [2.05, 4.69) is 13.2 Å². The predicted octanol–water partition coefficient (Wildman–Crippen LogP) is 1.95. The molecule has 2 unspecified atom stereocenters. The maximum absolute atomic E-state index is 12.5. The minimum Gasteiger partial charge on any atom is -0.750 e. The van der Waals surface area contributed by atoms with E-state index in [1.54, 1.807) is 0 Å². The summed E-state index contributed by atoms with van der Waals surface area (Å²) < 4.78 is 81.8. The molecule has 0 aromatic carbocycles. The highest BCUT2D eigenvalue weighted by Gasteiger charge is 2.55. The molecule has 0 heterocycles. The normalized spacial score (nSPS) is 16.8. The van der Waals surface area contributed by atoms with Crippen LogP contribution in [0.3, 0.4) is 0 Å². The Bertz CT molecular complexity index is 299. The molecule has 0 aromatic rings. The van der Waals surface area contributed by atoms with Crippen molar-refractivity contribution in [3.63, 3.8) is 0 Å². The summed E-state index contributed by atoms with van der Waals surface area (Å²) in [5.41, 5.74) is 0. The van der Waals surface area contributed by atoms with Crippen LogP contribution < -0.4 is 0 Å². The van der Waals surface area contributed by atoms with Crippen molar-refractivity contribution in [3.8, 4) is 0 Å². The van der Waals surface area contributed by atoms with E-state index in [1.807, 2.05) is 0 Å². The van der Waals surface area contributed by atoms with E-state index in [1.165, 1.54) is 13.8 Å². The lowest BCUT2D eigenvalue weighted by Crippen LogP contribution is -2.33. The molecule has 17 heavy (non-hydrogen) atoms. The van der Waals surface area contributed by atoms with Crippen molar-refractivity contribution in [2.45, 2.75) is 25.9 Å². The second-order valence-corrected chi connectivity index (χ2v) is 5.24. The first kappa shape index (κ1) is 17.0. The molecule has 104 valence electrons. The Labute approximate surface area is 98.5 Å². The lowest BCUT2D eigenvalue weighted by molar-refractivity contribution is -0.174. The van der Waals surface area contributed by atoms with Crippen LogP contribution in [0.15, 0.2) is 0 Å². The second kappa shape index (κ2) is 6.81. The molecule has 0 spiro atoms. The molecule has 0 bridgehead atoms. The molecular weight excluding hydrogens is 288 g/mol. The molecule has 0 radical (unpaired) electrons. The molecule has 0 saturated carbocycles. The zero-order valence-corrected chi connectivity index (χ0v) is 10.6. The van der Waals surface area contributed by atoms with E-state index in [-0.39, 0.29) is 13.2 Å². The van der Waals surface area contributed by atoms with Crippen molar-refractivity contribution >= 4 is 19.0 Å². The third-order valence-electron chi connectivity index (χ3n) is 1.36. The van der Waals surface area contributed by atoms with E-state index in [9.17, 15) is 26.5 Å². The minimum absolute atomic E-state index is 0.349. The standard InChI is InChI=1S/C6H12F3O6PS/c1-3-13-16(10,14-4-2)5(6(7,8)9)15-17(11)12/h5H,3-4H2,1-2H3,(H,11,12)/p-1. The molecule has 0 amide bonds. The summed E-state index contributed by atoms with van der Waals surface area (Å²) in [5.74, 6) is -3.16. The van der Waals surface area contributed by atoms with E-state index in [4.69, 9.17) is 0 Å². The number of hydrogen-bond donors (Lipinski definition) is 0. The van der Waals surface area contributed by atoms with Gasteiger partial charge in [-0.25, -0.2) is 4.21 Å². The fourth-order valence-corrected chi connectivity index (χ4v) is 3.21. The van der Waals surface area contributed by atoms with Crippen molar-refractivity contribution in [3.05, 3.63) is 0 Å². The molecule has 0 N–H and O–H groups in total. The lowest BCUT2D eigenvalue weighted by atomic mass is 10.7. The molecule has 2 atom stereocenters. The third kappa shape index (κ3) is 5.45. The van der Waals surface area contributed by atoms with Gasteiger partial charge in [-0.1, -0.05) is 0 Å². The van der Waals surface area contributed by atoms with Gasteiger partial charge in [-0.15, -0.1) is 0 Å². The number of hydrogen-bond acceptors (Lipinski definition) is 6. The Morgan fingerprint density at radius 3 is 1.94 bits per heavy atom. The Hall–Kier alpha value is 0.01000. The Morgan fingerprint density at radius 1 is 1.29 bits per heavy atom. The second-order valence-electron chi connectivity index (χ2n) is 2.57. The molecule has 0 aliphatic carbocycles. The van der Waals surface area contributed by atoms with Crippen LogP contribution in [0.5, 0.6) is 0 Å². The summed E-state index contributed by atoms with van der Waals surface area (Å²) in [6.45, 7) is 1.87. The van der Waals surface area contributed by atoms with Crippen molar-refractivity contribution in [1.82, 2.24) is 0 Å². The average Bonchev–Trinajstić information content (AvgIpc) is 2.13. The van der Waals surface area contributed by atoms with Gasteiger partial charge >= 0.3 is 13.8 Å². The van der Waals surface area contributed by atoms with Gasteiger partial charge in [0.25, 0.3) is 5.85 Å². The van der Waals surface area contributed by atoms with E-state index < -0.39 is 31.0 Å². The van der Waals surface area contributed by atoms with Crippen LogP contribution in [0, 0.1) is 0 Å². The molecule has 0 aliphatic heterocycles.